The molecule has 4 heteroatoms. The lowest BCUT2D eigenvalue weighted by Gasteiger charge is -2.23. The number of carbonyl (C=O) groups excluding carboxylic acids is 1. The summed E-state index contributed by atoms with van der Waals surface area (Å²) in [6.07, 6.45) is 1.42. The third-order valence-electron chi connectivity index (χ3n) is 3.61. The van der Waals surface area contributed by atoms with Gasteiger partial charge >= 0.3 is 0 Å². The van der Waals surface area contributed by atoms with Crippen molar-refractivity contribution in [3.8, 4) is 5.75 Å². The van der Waals surface area contributed by atoms with Gasteiger partial charge < -0.3 is 19.2 Å². The van der Waals surface area contributed by atoms with Crippen molar-refractivity contribution in [1.82, 2.24) is 0 Å². The van der Waals surface area contributed by atoms with Gasteiger partial charge in [0.1, 0.15) is 37.8 Å². The molecular weight excluding hydrogens is 254 g/mol. The van der Waals surface area contributed by atoms with E-state index < -0.39 is 0 Å². The molecule has 0 amide bonds. The van der Waals surface area contributed by atoms with Gasteiger partial charge in [-0.3, -0.25) is 0 Å². The number of hydrogen-bond donors (Lipinski definition) is 1. The summed E-state index contributed by atoms with van der Waals surface area (Å²) in [5.41, 5.74) is 1.19. The van der Waals surface area contributed by atoms with E-state index >= 15 is 0 Å². The number of rotatable bonds is 7. The van der Waals surface area contributed by atoms with Gasteiger partial charge in [0.15, 0.2) is 0 Å². The lowest BCUT2D eigenvalue weighted by molar-refractivity contribution is -0.908. The Bertz CT molecular complexity index is 410. The van der Waals surface area contributed by atoms with Crippen LogP contribution in [-0.4, -0.2) is 45.2 Å². The maximum Gasteiger partial charge on any atom is 0.137 e. The van der Waals surface area contributed by atoms with Crippen LogP contribution in [0.2, 0.25) is 0 Å². The van der Waals surface area contributed by atoms with Crippen LogP contribution in [0.15, 0.2) is 24.3 Å². The Kier molecular flexibility index (Phi) is 6.02. The topological polar surface area (TPSA) is 40.0 Å². The highest BCUT2D eigenvalue weighted by Gasteiger charge is 2.13. The molecular formula is C16H24NO3+. The van der Waals surface area contributed by atoms with E-state index in [1.165, 1.54) is 5.56 Å². The average molecular weight is 278 g/mol. The summed E-state index contributed by atoms with van der Waals surface area (Å²) in [4.78, 5) is 12.5. The van der Waals surface area contributed by atoms with Gasteiger partial charge in [0, 0.05) is 6.42 Å². The maximum atomic E-state index is 10.9. The number of ether oxygens (including phenoxy) is 2. The van der Waals surface area contributed by atoms with Crippen molar-refractivity contribution in [3.63, 3.8) is 0 Å². The first-order valence-electron chi connectivity index (χ1n) is 7.36. The quantitative estimate of drug-likeness (QED) is 0.789. The van der Waals surface area contributed by atoms with Crippen LogP contribution in [-0.2, 0) is 16.0 Å². The van der Waals surface area contributed by atoms with Gasteiger partial charge in [0.2, 0.25) is 0 Å². The molecule has 20 heavy (non-hydrogen) atoms. The molecule has 4 nitrogen and oxygen atoms in total. The first kappa shape index (κ1) is 15.0. The number of benzene rings is 1. The van der Waals surface area contributed by atoms with Crippen LogP contribution in [0.4, 0.5) is 0 Å². The zero-order valence-electron chi connectivity index (χ0n) is 12.2. The molecule has 1 aromatic carbocycles. The second-order valence-electron chi connectivity index (χ2n) is 5.31. The second kappa shape index (κ2) is 8.02. The van der Waals surface area contributed by atoms with E-state index in [1.54, 1.807) is 11.8 Å². The van der Waals surface area contributed by atoms with E-state index in [9.17, 15) is 4.79 Å². The highest BCUT2D eigenvalue weighted by molar-refractivity contribution is 5.75. The van der Waals surface area contributed by atoms with Crippen molar-refractivity contribution in [2.75, 3.05) is 39.5 Å². The van der Waals surface area contributed by atoms with E-state index in [2.05, 4.69) is 0 Å². The number of quaternary nitrogens is 1. The third kappa shape index (κ3) is 5.31. The molecule has 0 atom stereocenters. The van der Waals surface area contributed by atoms with Crippen molar-refractivity contribution >= 4 is 5.78 Å². The zero-order valence-corrected chi connectivity index (χ0v) is 12.2. The summed E-state index contributed by atoms with van der Waals surface area (Å²) >= 11 is 0. The molecule has 2 rings (SSSR count). The van der Waals surface area contributed by atoms with Crippen molar-refractivity contribution in [2.24, 2.45) is 0 Å². The molecule has 0 aromatic heterocycles. The van der Waals surface area contributed by atoms with E-state index in [0.29, 0.717) is 6.42 Å². The lowest BCUT2D eigenvalue weighted by atomic mass is 10.1. The number of aryl methyl sites for hydroxylation is 1. The Balaban J connectivity index is 1.69. The van der Waals surface area contributed by atoms with Gasteiger partial charge in [-0.2, -0.15) is 0 Å². The van der Waals surface area contributed by atoms with Crippen LogP contribution >= 0.6 is 0 Å². The highest BCUT2D eigenvalue weighted by Crippen LogP contribution is 2.13. The Labute approximate surface area is 120 Å². The average Bonchev–Trinajstić information content (AvgIpc) is 2.47. The number of Topliss-reactive ketones (excluding diaryl/α,β-unsaturated/α-hetero) is 1. The molecule has 1 heterocycles. The molecule has 0 unspecified atom stereocenters. The summed E-state index contributed by atoms with van der Waals surface area (Å²) in [5, 5.41) is 0. The molecule has 0 saturated carbocycles. The Morgan fingerprint density at radius 2 is 1.95 bits per heavy atom. The Morgan fingerprint density at radius 1 is 1.25 bits per heavy atom. The summed E-state index contributed by atoms with van der Waals surface area (Å²) in [6.45, 7) is 7.27. The SMILES string of the molecule is CC(=O)CCc1ccc(OCC[NH+]2CCOCC2)cc1. The number of carbonyl (C=O) groups is 1. The first-order chi connectivity index (χ1) is 9.74. The number of morpholine rings is 1. The fraction of sp³-hybridized carbons (Fsp3) is 0.562. The van der Waals surface area contributed by atoms with Gasteiger partial charge in [0.25, 0.3) is 0 Å². The van der Waals surface area contributed by atoms with Crippen LogP contribution in [0.1, 0.15) is 18.9 Å². The standard InChI is InChI=1S/C16H23NO3/c1-14(18)2-3-15-4-6-16(7-5-15)20-13-10-17-8-11-19-12-9-17/h4-7H,2-3,8-13H2,1H3/p+1. The Hall–Kier alpha value is -1.39. The Morgan fingerprint density at radius 3 is 2.60 bits per heavy atom. The predicted octanol–water partition coefficient (Wildman–Crippen LogP) is 0.502. The molecule has 110 valence electrons. The lowest BCUT2D eigenvalue weighted by Crippen LogP contribution is -3.14. The molecule has 1 N–H and O–H groups in total. The fourth-order valence-electron chi connectivity index (χ4n) is 2.30. The van der Waals surface area contributed by atoms with Gasteiger partial charge in [-0.25, -0.2) is 0 Å². The van der Waals surface area contributed by atoms with Crippen LogP contribution in [0.3, 0.4) is 0 Å². The minimum absolute atomic E-state index is 0.235. The smallest absolute Gasteiger partial charge is 0.137 e. The van der Waals surface area contributed by atoms with E-state index in [1.807, 2.05) is 24.3 Å². The minimum Gasteiger partial charge on any atom is -0.488 e. The maximum absolute atomic E-state index is 10.9. The summed E-state index contributed by atoms with van der Waals surface area (Å²) in [7, 11) is 0. The van der Waals surface area contributed by atoms with Crippen molar-refractivity contribution in [2.45, 2.75) is 19.8 Å². The summed E-state index contributed by atoms with van der Waals surface area (Å²) in [6, 6.07) is 8.06. The van der Waals surface area contributed by atoms with Gasteiger partial charge in [0.05, 0.1) is 13.2 Å². The molecule has 1 aromatic rings. The fourth-order valence-corrected chi connectivity index (χ4v) is 2.30. The molecule has 1 aliphatic heterocycles. The first-order valence-corrected chi connectivity index (χ1v) is 7.36. The highest BCUT2D eigenvalue weighted by atomic mass is 16.5. The summed E-state index contributed by atoms with van der Waals surface area (Å²) in [5.74, 6) is 1.14. The van der Waals surface area contributed by atoms with Crippen molar-refractivity contribution in [3.05, 3.63) is 29.8 Å². The normalized spacial score (nSPS) is 16.1. The number of nitrogens with one attached hydrogen (secondary N) is 1. The second-order valence-corrected chi connectivity index (χ2v) is 5.31. The number of ketones is 1. The minimum atomic E-state index is 0.235. The van der Waals surface area contributed by atoms with Crippen LogP contribution in [0, 0.1) is 0 Å². The summed E-state index contributed by atoms with van der Waals surface area (Å²) < 4.78 is 11.1. The molecule has 0 aliphatic carbocycles. The van der Waals surface area contributed by atoms with Crippen LogP contribution in [0.5, 0.6) is 5.75 Å². The van der Waals surface area contributed by atoms with E-state index in [4.69, 9.17) is 9.47 Å². The number of hydrogen-bond acceptors (Lipinski definition) is 3. The molecule has 1 aliphatic rings. The molecule has 1 fully saturated rings. The van der Waals surface area contributed by atoms with Crippen molar-refractivity contribution < 1.29 is 19.2 Å². The molecule has 0 spiro atoms. The van der Waals surface area contributed by atoms with E-state index in [-0.39, 0.29) is 5.78 Å². The molecule has 0 bridgehead atoms. The predicted molar refractivity (Wildman–Crippen MR) is 77.3 cm³/mol. The van der Waals surface area contributed by atoms with Gasteiger partial charge in [-0.05, 0) is 31.0 Å². The third-order valence-corrected chi connectivity index (χ3v) is 3.61. The van der Waals surface area contributed by atoms with Gasteiger partial charge in [-0.15, -0.1) is 0 Å². The van der Waals surface area contributed by atoms with Crippen molar-refractivity contribution in [1.29, 1.82) is 0 Å². The van der Waals surface area contributed by atoms with E-state index in [0.717, 1.165) is 51.6 Å². The van der Waals surface area contributed by atoms with Crippen LogP contribution < -0.4 is 9.64 Å². The van der Waals surface area contributed by atoms with Gasteiger partial charge in [-0.1, -0.05) is 12.1 Å². The monoisotopic (exact) mass is 278 g/mol. The molecule has 0 radical (unpaired) electrons. The molecule has 1 saturated heterocycles. The zero-order chi connectivity index (χ0) is 14.2. The largest absolute Gasteiger partial charge is 0.488 e. The van der Waals surface area contributed by atoms with Crippen LogP contribution in [0.25, 0.3) is 0 Å².